The van der Waals surface area contributed by atoms with Gasteiger partial charge in [0, 0.05) is 33.4 Å². The van der Waals surface area contributed by atoms with E-state index in [1.165, 1.54) is 22.3 Å². The molecule has 3 heteroatoms. The number of para-hydroxylation sites is 3. The van der Waals surface area contributed by atoms with Crippen molar-refractivity contribution in [2.45, 2.75) is 0 Å². The van der Waals surface area contributed by atoms with Crippen molar-refractivity contribution in [3.8, 4) is 39.1 Å². The Kier molecular flexibility index (Phi) is 7.47. The monoisotopic (exact) mass is 678 g/mol. The maximum atomic E-state index is 6.41. The topological polar surface area (TPSA) is 21.3 Å². The fourth-order valence-corrected chi connectivity index (χ4v) is 7.70. The molecule has 0 saturated carbocycles. The number of anilines is 3. The van der Waals surface area contributed by atoms with E-state index in [9.17, 15) is 0 Å². The lowest BCUT2D eigenvalue weighted by molar-refractivity contribution is 0.673. The van der Waals surface area contributed by atoms with Gasteiger partial charge in [-0.3, -0.25) is 0 Å². The molecule has 0 aliphatic rings. The van der Waals surface area contributed by atoms with E-state index in [1.807, 2.05) is 12.1 Å². The molecule has 3 nitrogen and oxygen atoms in total. The third kappa shape index (κ3) is 5.38. The lowest BCUT2D eigenvalue weighted by atomic mass is 10.00. The number of nitrogens with zero attached hydrogens (tertiary/aromatic N) is 2. The van der Waals surface area contributed by atoms with Crippen LogP contribution in [0.1, 0.15) is 0 Å². The van der Waals surface area contributed by atoms with Crippen LogP contribution >= 0.6 is 0 Å². The zero-order valence-corrected chi connectivity index (χ0v) is 28.9. The minimum absolute atomic E-state index is 0.901. The number of aromatic nitrogens is 1. The van der Waals surface area contributed by atoms with Crippen LogP contribution in [-0.2, 0) is 0 Å². The molecule has 0 unspecified atom stereocenters. The Morgan fingerprint density at radius 3 is 1.77 bits per heavy atom. The van der Waals surface area contributed by atoms with Gasteiger partial charge in [0.1, 0.15) is 11.1 Å². The van der Waals surface area contributed by atoms with Crippen molar-refractivity contribution in [2.24, 2.45) is 0 Å². The number of rotatable bonds is 7. The first-order valence-corrected chi connectivity index (χ1v) is 18.0. The maximum absolute atomic E-state index is 6.41. The van der Waals surface area contributed by atoms with Crippen LogP contribution in [0.3, 0.4) is 0 Å². The van der Waals surface area contributed by atoms with Crippen LogP contribution in [0.5, 0.6) is 0 Å². The standard InChI is InChI=1S/C50H34N2O/c1-3-14-35(15-4-1)36-26-30-40(31-27-36)51(46-23-10-7-20-43(46)38-16-5-2-6-17-38)42-19-13-18-39(34-42)37-28-32-41(33-29-37)52-47-24-11-8-21-44(47)50-49(52)45-22-9-12-25-48(45)53-50/h1-34H. The van der Waals surface area contributed by atoms with E-state index >= 15 is 0 Å². The molecule has 0 amide bonds. The van der Waals surface area contributed by atoms with Gasteiger partial charge in [-0.2, -0.15) is 0 Å². The molecule has 0 atom stereocenters. The summed E-state index contributed by atoms with van der Waals surface area (Å²) < 4.78 is 8.74. The molecule has 0 aliphatic heterocycles. The summed E-state index contributed by atoms with van der Waals surface area (Å²) in [6, 6.07) is 73.3. The van der Waals surface area contributed by atoms with Crippen molar-refractivity contribution in [3.05, 3.63) is 206 Å². The second-order valence-corrected chi connectivity index (χ2v) is 13.4. The zero-order valence-electron chi connectivity index (χ0n) is 28.9. The van der Waals surface area contributed by atoms with Gasteiger partial charge in [-0.05, 0) is 94.5 Å². The molecular formula is C50H34N2O. The average Bonchev–Trinajstić information content (AvgIpc) is 3.77. The smallest absolute Gasteiger partial charge is 0.161 e. The molecule has 10 aromatic rings. The fourth-order valence-electron chi connectivity index (χ4n) is 7.70. The Morgan fingerprint density at radius 2 is 0.981 bits per heavy atom. The van der Waals surface area contributed by atoms with E-state index < -0.39 is 0 Å². The number of hydrogen-bond acceptors (Lipinski definition) is 2. The summed E-state index contributed by atoms with van der Waals surface area (Å²) in [5, 5.41) is 2.23. The second kappa shape index (κ2) is 12.9. The maximum Gasteiger partial charge on any atom is 0.161 e. The Morgan fingerprint density at radius 1 is 0.396 bits per heavy atom. The molecule has 0 N–H and O–H groups in total. The van der Waals surface area contributed by atoms with Crippen molar-refractivity contribution in [2.75, 3.05) is 4.90 Å². The second-order valence-electron chi connectivity index (χ2n) is 13.4. The van der Waals surface area contributed by atoms with E-state index in [2.05, 4.69) is 204 Å². The molecule has 0 saturated heterocycles. The van der Waals surface area contributed by atoms with Crippen molar-refractivity contribution in [1.29, 1.82) is 0 Å². The number of fused-ring (bicyclic) bond motifs is 5. The van der Waals surface area contributed by atoms with E-state index in [-0.39, 0.29) is 0 Å². The molecule has 53 heavy (non-hydrogen) atoms. The van der Waals surface area contributed by atoms with Crippen molar-refractivity contribution < 1.29 is 4.42 Å². The van der Waals surface area contributed by atoms with Gasteiger partial charge in [0.2, 0.25) is 0 Å². The Hall–Kier alpha value is -7.10. The van der Waals surface area contributed by atoms with Crippen LogP contribution in [0.2, 0.25) is 0 Å². The van der Waals surface area contributed by atoms with Gasteiger partial charge in [-0.15, -0.1) is 0 Å². The van der Waals surface area contributed by atoms with Gasteiger partial charge < -0.3 is 13.9 Å². The Balaban J connectivity index is 1.08. The zero-order chi connectivity index (χ0) is 35.1. The summed E-state index contributed by atoms with van der Waals surface area (Å²) in [6.07, 6.45) is 0. The highest BCUT2D eigenvalue weighted by Crippen LogP contribution is 2.43. The summed E-state index contributed by atoms with van der Waals surface area (Å²) >= 11 is 0. The highest BCUT2D eigenvalue weighted by Gasteiger charge is 2.20. The van der Waals surface area contributed by atoms with E-state index in [0.717, 1.165) is 66.8 Å². The number of furan rings is 1. The van der Waals surface area contributed by atoms with E-state index in [4.69, 9.17) is 4.42 Å². The van der Waals surface area contributed by atoms with Crippen LogP contribution in [0.25, 0.3) is 72.0 Å². The predicted molar refractivity (Wildman–Crippen MR) is 222 cm³/mol. The van der Waals surface area contributed by atoms with Gasteiger partial charge in [-0.1, -0.05) is 140 Å². The van der Waals surface area contributed by atoms with Crippen molar-refractivity contribution in [3.63, 3.8) is 0 Å². The molecule has 2 aromatic heterocycles. The molecule has 0 bridgehead atoms. The minimum Gasteiger partial charge on any atom is -0.454 e. The molecule has 0 fully saturated rings. The lowest BCUT2D eigenvalue weighted by Gasteiger charge is -2.28. The largest absolute Gasteiger partial charge is 0.454 e. The van der Waals surface area contributed by atoms with Crippen LogP contribution in [-0.4, -0.2) is 4.57 Å². The molecule has 2 heterocycles. The summed E-state index contributed by atoms with van der Waals surface area (Å²) in [4.78, 5) is 2.38. The van der Waals surface area contributed by atoms with Crippen LogP contribution in [0.4, 0.5) is 17.1 Å². The number of benzene rings is 8. The molecule has 0 radical (unpaired) electrons. The van der Waals surface area contributed by atoms with Crippen molar-refractivity contribution in [1.82, 2.24) is 4.57 Å². The highest BCUT2D eigenvalue weighted by atomic mass is 16.3. The average molecular weight is 679 g/mol. The minimum atomic E-state index is 0.901. The lowest BCUT2D eigenvalue weighted by Crippen LogP contribution is -2.11. The van der Waals surface area contributed by atoms with E-state index in [1.54, 1.807) is 0 Å². The summed E-state index contributed by atoms with van der Waals surface area (Å²) in [7, 11) is 0. The normalized spacial score (nSPS) is 11.4. The van der Waals surface area contributed by atoms with Gasteiger partial charge in [-0.25, -0.2) is 0 Å². The van der Waals surface area contributed by atoms with Crippen LogP contribution in [0.15, 0.2) is 211 Å². The van der Waals surface area contributed by atoms with Crippen molar-refractivity contribution >= 4 is 50.0 Å². The first kappa shape index (κ1) is 30.7. The highest BCUT2D eigenvalue weighted by molar-refractivity contribution is 6.16. The van der Waals surface area contributed by atoms with Crippen LogP contribution in [0, 0.1) is 0 Å². The quantitative estimate of drug-likeness (QED) is 0.167. The Labute approximate surface area is 308 Å². The molecule has 8 aromatic carbocycles. The molecule has 0 spiro atoms. The molecule has 0 aliphatic carbocycles. The fraction of sp³-hybridized carbons (Fsp3) is 0. The van der Waals surface area contributed by atoms with Gasteiger partial charge in [0.25, 0.3) is 0 Å². The summed E-state index contributed by atoms with van der Waals surface area (Å²) in [6.45, 7) is 0. The van der Waals surface area contributed by atoms with Gasteiger partial charge in [0.15, 0.2) is 5.58 Å². The SMILES string of the molecule is c1ccc(-c2ccc(N(c3cccc(-c4ccc(-n5c6ccccc6c6oc7ccccc7c65)cc4)c3)c3ccccc3-c3ccccc3)cc2)cc1. The molecule has 10 rings (SSSR count). The Bertz CT molecular complexity index is 2860. The predicted octanol–water partition coefficient (Wildman–Crippen LogP) is 14.0. The van der Waals surface area contributed by atoms with Gasteiger partial charge >= 0.3 is 0 Å². The summed E-state index contributed by atoms with van der Waals surface area (Å²) in [5.74, 6) is 0. The third-order valence-corrected chi connectivity index (χ3v) is 10.2. The van der Waals surface area contributed by atoms with Crippen LogP contribution < -0.4 is 4.90 Å². The summed E-state index contributed by atoms with van der Waals surface area (Å²) in [5.41, 5.74) is 15.5. The molecule has 250 valence electrons. The number of hydrogen-bond donors (Lipinski definition) is 0. The van der Waals surface area contributed by atoms with Gasteiger partial charge in [0.05, 0.1) is 11.2 Å². The third-order valence-electron chi connectivity index (χ3n) is 10.2. The molecular weight excluding hydrogens is 645 g/mol. The van der Waals surface area contributed by atoms with E-state index in [0.29, 0.717) is 0 Å². The first-order chi connectivity index (χ1) is 26.3. The first-order valence-electron chi connectivity index (χ1n) is 18.0.